The van der Waals surface area contributed by atoms with Crippen molar-refractivity contribution in [3.05, 3.63) is 10.6 Å². The first-order chi connectivity index (χ1) is 12.2. The Morgan fingerprint density at radius 2 is 2.15 bits per heavy atom. The molecule has 0 bridgehead atoms. The molecule has 2 unspecified atom stereocenters. The van der Waals surface area contributed by atoms with Gasteiger partial charge in [-0.25, -0.2) is 9.78 Å². The first kappa shape index (κ1) is 18.9. The van der Waals surface area contributed by atoms with Gasteiger partial charge in [0.05, 0.1) is 5.69 Å². The topological polar surface area (TPSA) is 97.5 Å². The van der Waals surface area contributed by atoms with E-state index in [0.717, 1.165) is 31.4 Å². The number of nitrogens with two attached hydrogens (primary N) is 1. The van der Waals surface area contributed by atoms with Gasteiger partial charge in [0.1, 0.15) is 11.6 Å². The van der Waals surface area contributed by atoms with Gasteiger partial charge in [0.15, 0.2) is 5.13 Å². The van der Waals surface area contributed by atoms with E-state index < -0.39 is 17.7 Å². The van der Waals surface area contributed by atoms with E-state index in [2.05, 4.69) is 10.3 Å². The van der Waals surface area contributed by atoms with Gasteiger partial charge in [-0.1, -0.05) is 0 Å². The van der Waals surface area contributed by atoms with Crippen LogP contribution in [0.4, 0.5) is 9.93 Å². The van der Waals surface area contributed by atoms with Crippen LogP contribution < -0.4 is 11.1 Å². The molecule has 2 amide bonds. The number of ether oxygens (including phenoxy) is 1. The second kappa shape index (κ2) is 7.42. The maximum Gasteiger partial charge on any atom is 0.410 e. The van der Waals surface area contributed by atoms with Gasteiger partial charge in [0.2, 0.25) is 5.91 Å². The Hall–Kier alpha value is -1.83. The third-order valence-electron chi connectivity index (χ3n) is 4.81. The van der Waals surface area contributed by atoms with E-state index in [9.17, 15) is 9.59 Å². The van der Waals surface area contributed by atoms with E-state index in [1.54, 1.807) is 16.2 Å². The van der Waals surface area contributed by atoms with Crippen molar-refractivity contribution in [3.63, 3.8) is 0 Å². The average molecular weight is 381 g/mol. The number of aromatic nitrogens is 1. The van der Waals surface area contributed by atoms with Gasteiger partial charge >= 0.3 is 6.09 Å². The number of nitrogen functional groups attached to an aromatic ring is 1. The molecule has 2 heterocycles. The molecule has 2 aliphatic rings. The second-order valence-electron chi connectivity index (χ2n) is 8.11. The Kier molecular flexibility index (Phi) is 5.41. The molecule has 0 saturated carbocycles. The molecule has 1 aromatic rings. The standard InChI is InChI=1S/C18H28N4O3S/c1-18(2,3)25-17(24)22-8-4-5-13(22)15(23)20-10-11-6-7-12-14(9-11)26-16(19)21-12/h11,13H,4-10H2,1-3H3,(H2,19,21)(H,20,23). The van der Waals surface area contributed by atoms with Crippen LogP contribution in [0.2, 0.25) is 0 Å². The fourth-order valence-corrected chi connectivity index (χ4v) is 4.57. The first-order valence-corrected chi connectivity index (χ1v) is 10.1. The molecule has 3 rings (SSSR count). The number of carbonyl (C=O) groups excluding carboxylic acids is 2. The summed E-state index contributed by atoms with van der Waals surface area (Å²) in [6, 6.07) is -0.428. The number of thiazole rings is 1. The molecular formula is C18H28N4O3S. The fourth-order valence-electron chi connectivity index (χ4n) is 3.58. The summed E-state index contributed by atoms with van der Waals surface area (Å²) in [5, 5.41) is 3.67. The lowest BCUT2D eigenvalue weighted by Crippen LogP contribution is -2.48. The second-order valence-corrected chi connectivity index (χ2v) is 9.22. The largest absolute Gasteiger partial charge is 0.444 e. The number of anilines is 1. The third kappa shape index (κ3) is 4.47. The van der Waals surface area contributed by atoms with Crippen LogP contribution in [-0.4, -0.2) is 46.6 Å². The quantitative estimate of drug-likeness (QED) is 0.839. The molecule has 7 nitrogen and oxygen atoms in total. The van der Waals surface area contributed by atoms with Crippen LogP contribution in [0.15, 0.2) is 0 Å². The molecule has 3 N–H and O–H groups in total. The van der Waals surface area contributed by atoms with Gasteiger partial charge < -0.3 is 15.8 Å². The van der Waals surface area contributed by atoms with E-state index in [1.165, 1.54) is 4.88 Å². The maximum atomic E-state index is 12.6. The molecule has 8 heteroatoms. The lowest BCUT2D eigenvalue weighted by molar-refractivity contribution is -0.125. The highest BCUT2D eigenvalue weighted by Gasteiger charge is 2.36. The number of aryl methyl sites for hydroxylation is 1. The van der Waals surface area contributed by atoms with Crippen molar-refractivity contribution in [2.75, 3.05) is 18.8 Å². The Morgan fingerprint density at radius 1 is 1.38 bits per heavy atom. The van der Waals surface area contributed by atoms with Crippen molar-refractivity contribution in [2.45, 2.75) is 64.5 Å². The van der Waals surface area contributed by atoms with Gasteiger partial charge in [-0.3, -0.25) is 9.69 Å². The Labute approximate surface area is 158 Å². The van der Waals surface area contributed by atoms with Gasteiger partial charge in [0, 0.05) is 18.0 Å². The summed E-state index contributed by atoms with van der Waals surface area (Å²) in [5.74, 6) is 0.311. The predicted molar refractivity (Wildman–Crippen MR) is 101 cm³/mol. The van der Waals surface area contributed by atoms with Crippen molar-refractivity contribution in [1.82, 2.24) is 15.2 Å². The minimum absolute atomic E-state index is 0.0806. The zero-order chi connectivity index (χ0) is 18.9. The summed E-state index contributed by atoms with van der Waals surface area (Å²) in [7, 11) is 0. The van der Waals surface area contributed by atoms with Crippen LogP contribution in [0.5, 0.6) is 0 Å². The number of nitrogens with one attached hydrogen (secondary N) is 1. The summed E-state index contributed by atoms with van der Waals surface area (Å²) in [6.45, 7) is 6.69. The maximum absolute atomic E-state index is 12.6. The van der Waals surface area contributed by atoms with Crippen molar-refractivity contribution in [1.29, 1.82) is 0 Å². The highest BCUT2D eigenvalue weighted by molar-refractivity contribution is 7.15. The number of likely N-dealkylation sites (tertiary alicyclic amines) is 1. The van der Waals surface area contributed by atoms with Crippen LogP contribution in [0.3, 0.4) is 0 Å². The predicted octanol–water partition coefficient (Wildman–Crippen LogP) is 2.35. The lowest BCUT2D eigenvalue weighted by Gasteiger charge is -2.28. The molecular weight excluding hydrogens is 352 g/mol. The summed E-state index contributed by atoms with van der Waals surface area (Å²) in [4.78, 5) is 32.1. The first-order valence-electron chi connectivity index (χ1n) is 9.24. The van der Waals surface area contributed by atoms with E-state index >= 15 is 0 Å². The normalized spacial score (nSPS) is 22.8. The number of amides is 2. The van der Waals surface area contributed by atoms with Crippen molar-refractivity contribution in [2.24, 2.45) is 5.92 Å². The van der Waals surface area contributed by atoms with Gasteiger partial charge in [-0.05, 0) is 58.8 Å². The summed E-state index contributed by atoms with van der Waals surface area (Å²) >= 11 is 1.55. The number of hydrogen-bond acceptors (Lipinski definition) is 6. The van der Waals surface area contributed by atoms with E-state index in [4.69, 9.17) is 10.5 Å². The number of hydrogen-bond donors (Lipinski definition) is 2. The minimum Gasteiger partial charge on any atom is -0.444 e. The molecule has 1 aromatic heterocycles. The molecule has 2 atom stereocenters. The summed E-state index contributed by atoms with van der Waals surface area (Å²) < 4.78 is 5.43. The minimum atomic E-state index is -0.558. The van der Waals surface area contributed by atoms with E-state index in [1.807, 2.05) is 20.8 Å². The van der Waals surface area contributed by atoms with Crippen molar-refractivity contribution < 1.29 is 14.3 Å². The Bertz CT molecular complexity index is 682. The molecule has 0 radical (unpaired) electrons. The molecule has 26 heavy (non-hydrogen) atoms. The highest BCUT2D eigenvalue weighted by atomic mass is 32.1. The summed E-state index contributed by atoms with van der Waals surface area (Å²) in [5.41, 5.74) is 6.34. The van der Waals surface area contributed by atoms with E-state index in [-0.39, 0.29) is 5.91 Å². The van der Waals surface area contributed by atoms with Crippen LogP contribution in [0.25, 0.3) is 0 Å². The Morgan fingerprint density at radius 3 is 2.88 bits per heavy atom. The molecule has 1 fully saturated rings. The molecule has 0 aromatic carbocycles. The van der Waals surface area contributed by atoms with Crippen LogP contribution >= 0.6 is 11.3 Å². The number of fused-ring (bicyclic) bond motifs is 1. The number of rotatable bonds is 3. The molecule has 144 valence electrons. The third-order valence-corrected chi connectivity index (χ3v) is 5.76. The van der Waals surface area contributed by atoms with Crippen LogP contribution in [0.1, 0.15) is 50.6 Å². The molecule has 0 spiro atoms. The van der Waals surface area contributed by atoms with E-state index in [0.29, 0.717) is 30.6 Å². The average Bonchev–Trinajstić information content (AvgIpc) is 3.15. The fraction of sp³-hybridized carbons (Fsp3) is 0.722. The summed E-state index contributed by atoms with van der Waals surface area (Å²) in [6.07, 6.45) is 3.92. The van der Waals surface area contributed by atoms with Gasteiger partial charge in [0.25, 0.3) is 0 Å². The van der Waals surface area contributed by atoms with Gasteiger partial charge in [-0.2, -0.15) is 0 Å². The smallest absolute Gasteiger partial charge is 0.410 e. The molecule has 1 aliphatic carbocycles. The van der Waals surface area contributed by atoms with Crippen LogP contribution in [-0.2, 0) is 22.4 Å². The zero-order valence-electron chi connectivity index (χ0n) is 15.7. The zero-order valence-corrected chi connectivity index (χ0v) is 16.5. The number of nitrogens with zero attached hydrogens (tertiary/aromatic N) is 2. The molecule has 1 aliphatic heterocycles. The SMILES string of the molecule is CC(C)(C)OC(=O)N1CCCC1C(=O)NCC1CCc2nc(N)sc2C1. The van der Waals surface area contributed by atoms with Crippen molar-refractivity contribution >= 4 is 28.5 Å². The number of carbonyl (C=O) groups is 2. The lowest BCUT2D eigenvalue weighted by atomic mass is 9.91. The highest BCUT2D eigenvalue weighted by Crippen LogP contribution is 2.31. The monoisotopic (exact) mass is 380 g/mol. The van der Waals surface area contributed by atoms with Crippen LogP contribution in [0, 0.1) is 5.92 Å². The molecule has 1 saturated heterocycles. The Balaban J connectivity index is 1.52. The van der Waals surface area contributed by atoms with Crippen molar-refractivity contribution in [3.8, 4) is 0 Å². The van der Waals surface area contributed by atoms with Gasteiger partial charge in [-0.15, -0.1) is 11.3 Å².